The number of rotatable bonds is 2. The maximum atomic E-state index is 6.89. The second-order valence-electron chi connectivity index (χ2n) is 7.60. The number of ether oxygens (including phenoxy) is 1. The van der Waals surface area contributed by atoms with Gasteiger partial charge in [0.1, 0.15) is 5.75 Å². The molecule has 1 atom stereocenters. The van der Waals surface area contributed by atoms with E-state index in [-0.39, 0.29) is 0 Å². The molecule has 0 aromatic heterocycles. The van der Waals surface area contributed by atoms with Gasteiger partial charge < -0.3 is 4.74 Å². The highest BCUT2D eigenvalue weighted by atomic mass is 32.1. The third-order valence-electron chi connectivity index (χ3n) is 5.81. The van der Waals surface area contributed by atoms with E-state index in [0.717, 1.165) is 39.4 Å². The van der Waals surface area contributed by atoms with Crippen molar-refractivity contribution in [1.82, 2.24) is 0 Å². The molecule has 1 aliphatic carbocycles. The lowest BCUT2D eigenvalue weighted by molar-refractivity contribution is 0.160. The van der Waals surface area contributed by atoms with Crippen LogP contribution in [0.1, 0.15) is 11.1 Å². The average molecular weight is 419 g/mol. The Morgan fingerprint density at radius 3 is 2.35 bits per heavy atom. The standard InChI is InChI=1S/C27H18N2OS/c31-26-28-25(19-10-3-1-4-11-19)23-16-9-13-21-18-20-12-7-8-17-24(20)30-27(21,23)29(26)22-14-5-2-6-15-22/h1-18H. The van der Waals surface area contributed by atoms with Crippen molar-refractivity contribution in [2.24, 2.45) is 4.99 Å². The average Bonchev–Trinajstić information content (AvgIpc) is 2.82. The maximum Gasteiger partial charge on any atom is 0.244 e. The zero-order chi connectivity index (χ0) is 20.8. The van der Waals surface area contributed by atoms with E-state index in [1.165, 1.54) is 0 Å². The Hall–Kier alpha value is -3.76. The number of hydrogen-bond acceptors (Lipinski definition) is 2. The molecule has 3 nitrogen and oxygen atoms in total. The van der Waals surface area contributed by atoms with Crippen LogP contribution in [0.2, 0.25) is 0 Å². The highest BCUT2D eigenvalue weighted by Crippen LogP contribution is 2.49. The van der Waals surface area contributed by atoms with Gasteiger partial charge in [0.15, 0.2) is 0 Å². The van der Waals surface area contributed by atoms with Crippen LogP contribution >= 0.6 is 12.2 Å². The Balaban J connectivity index is 1.65. The molecule has 1 unspecified atom stereocenters. The quantitative estimate of drug-likeness (QED) is 0.481. The molecule has 3 aliphatic rings. The van der Waals surface area contributed by atoms with Gasteiger partial charge in [-0.2, -0.15) is 0 Å². The number of anilines is 1. The molecule has 0 bridgehead atoms. The van der Waals surface area contributed by atoms with E-state index in [1.807, 2.05) is 71.6 Å². The first kappa shape index (κ1) is 18.0. The molecule has 4 heteroatoms. The fourth-order valence-corrected chi connectivity index (χ4v) is 4.79. The number of fused-ring (bicyclic) bond motifs is 1. The van der Waals surface area contributed by atoms with E-state index in [0.29, 0.717) is 5.11 Å². The number of aliphatic imine (C=N–C) groups is 1. The summed E-state index contributed by atoms with van der Waals surface area (Å²) in [4.78, 5) is 6.93. The predicted molar refractivity (Wildman–Crippen MR) is 129 cm³/mol. The summed E-state index contributed by atoms with van der Waals surface area (Å²) in [5.74, 6) is 0.825. The van der Waals surface area contributed by atoms with Crippen LogP contribution in [0.25, 0.3) is 6.08 Å². The number of allylic oxidation sites excluding steroid dienone is 2. The fraction of sp³-hybridized carbons (Fsp3) is 0.0370. The third kappa shape index (κ3) is 2.65. The minimum atomic E-state index is -0.922. The van der Waals surface area contributed by atoms with Crippen LogP contribution in [0.3, 0.4) is 0 Å². The van der Waals surface area contributed by atoms with E-state index >= 15 is 0 Å². The number of thiocarbonyl (C=S) groups is 1. The minimum Gasteiger partial charge on any atom is -0.458 e. The van der Waals surface area contributed by atoms with Crippen molar-refractivity contribution in [2.75, 3.05) is 4.90 Å². The monoisotopic (exact) mass is 418 g/mol. The van der Waals surface area contributed by atoms with Gasteiger partial charge in [-0.25, -0.2) is 4.99 Å². The third-order valence-corrected chi connectivity index (χ3v) is 6.09. The van der Waals surface area contributed by atoms with Crippen LogP contribution in [0.5, 0.6) is 5.75 Å². The Morgan fingerprint density at radius 2 is 1.55 bits per heavy atom. The minimum absolute atomic E-state index is 0.475. The number of para-hydroxylation sites is 2. The molecule has 0 N–H and O–H groups in total. The van der Waals surface area contributed by atoms with Gasteiger partial charge in [-0.3, -0.25) is 4.90 Å². The topological polar surface area (TPSA) is 24.8 Å². The Kier molecular flexibility index (Phi) is 4.01. The summed E-state index contributed by atoms with van der Waals surface area (Å²) in [6.07, 6.45) is 8.45. The van der Waals surface area contributed by atoms with E-state index in [2.05, 4.69) is 42.5 Å². The van der Waals surface area contributed by atoms with Crippen LogP contribution in [0.4, 0.5) is 5.69 Å². The van der Waals surface area contributed by atoms with Gasteiger partial charge in [-0.1, -0.05) is 85.0 Å². The molecule has 148 valence electrons. The summed E-state index contributed by atoms with van der Waals surface area (Å²) >= 11 is 5.90. The zero-order valence-corrected chi connectivity index (χ0v) is 17.4. The Labute approximate surface area is 186 Å². The van der Waals surface area contributed by atoms with Crippen LogP contribution in [-0.2, 0) is 0 Å². The summed E-state index contributed by atoms with van der Waals surface area (Å²) in [5, 5.41) is 0.475. The highest BCUT2D eigenvalue weighted by Gasteiger charge is 2.54. The molecule has 0 saturated carbocycles. The van der Waals surface area contributed by atoms with E-state index < -0.39 is 5.72 Å². The molecule has 0 fully saturated rings. The summed E-state index contributed by atoms with van der Waals surface area (Å²) in [5.41, 5.74) is 4.92. The molecule has 2 heterocycles. The number of hydrogen-bond donors (Lipinski definition) is 0. The molecule has 31 heavy (non-hydrogen) atoms. The summed E-state index contributed by atoms with van der Waals surface area (Å²) < 4.78 is 6.89. The van der Waals surface area contributed by atoms with Crippen molar-refractivity contribution >= 4 is 34.8 Å². The number of benzene rings is 3. The van der Waals surface area contributed by atoms with E-state index in [4.69, 9.17) is 21.9 Å². The summed E-state index contributed by atoms with van der Waals surface area (Å²) in [7, 11) is 0. The highest BCUT2D eigenvalue weighted by molar-refractivity contribution is 7.80. The lowest BCUT2D eigenvalue weighted by atomic mass is 9.79. The lowest BCUT2D eigenvalue weighted by Gasteiger charge is -2.51. The van der Waals surface area contributed by atoms with Gasteiger partial charge in [0.2, 0.25) is 10.8 Å². The predicted octanol–water partition coefficient (Wildman–Crippen LogP) is 5.95. The first-order valence-corrected chi connectivity index (χ1v) is 10.6. The van der Waals surface area contributed by atoms with Crippen molar-refractivity contribution in [3.8, 4) is 5.75 Å². The molecular formula is C27H18N2OS. The molecular weight excluding hydrogens is 400 g/mol. The SMILES string of the molecule is S=C1N=C(c2ccccc2)C2=CC=CC3=Cc4ccccc4OC32N1c1ccccc1. The second kappa shape index (κ2) is 6.89. The van der Waals surface area contributed by atoms with Crippen LogP contribution in [0, 0.1) is 0 Å². The van der Waals surface area contributed by atoms with Gasteiger partial charge in [0, 0.05) is 28.0 Å². The molecule has 0 radical (unpaired) electrons. The van der Waals surface area contributed by atoms with Crippen molar-refractivity contribution in [3.63, 3.8) is 0 Å². The Bertz CT molecular complexity index is 1320. The van der Waals surface area contributed by atoms with Crippen molar-refractivity contribution in [1.29, 1.82) is 0 Å². The molecule has 0 amide bonds. The number of nitrogens with zero attached hydrogens (tertiary/aromatic N) is 2. The van der Waals surface area contributed by atoms with Crippen LogP contribution < -0.4 is 9.64 Å². The van der Waals surface area contributed by atoms with Gasteiger partial charge in [-0.05, 0) is 36.5 Å². The largest absolute Gasteiger partial charge is 0.458 e. The molecule has 3 aromatic rings. The molecule has 0 saturated heterocycles. The van der Waals surface area contributed by atoms with E-state index in [1.54, 1.807) is 0 Å². The molecule has 3 aromatic carbocycles. The van der Waals surface area contributed by atoms with Crippen LogP contribution in [0.15, 0.2) is 119 Å². The van der Waals surface area contributed by atoms with Gasteiger partial charge in [0.25, 0.3) is 0 Å². The zero-order valence-electron chi connectivity index (χ0n) is 16.6. The van der Waals surface area contributed by atoms with E-state index in [9.17, 15) is 0 Å². The first-order chi connectivity index (χ1) is 15.3. The van der Waals surface area contributed by atoms with Crippen molar-refractivity contribution in [2.45, 2.75) is 5.72 Å². The molecule has 2 aliphatic heterocycles. The fourth-order valence-electron chi connectivity index (χ4n) is 4.47. The normalized spacial score (nSPS) is 21.1. The van der Waals surface area contributed by atoms with Crippen molar-refractivity contribution in [3.05, 3.63) is 125 Å². The van der Waals surface area contributed by atoms with Crippen molar-refractivity contribution < 1.29 is 4.74 Å². The molecule has 1 spiro atoms. The maximum absolute atomic E-state index is 6.89. The van der Waals surface area contributed by atoms with Gasteiger partial charge in [-0.15, -0.1) is 0 Å². The first-order valence-electron chi connectivity index (χ1n) is 10.2. The van der Waals surface area contributed by atoms with Gasteiger partial charge >= 0.3 is 0 Å². The second-order valence-corrected chi connectivity index (χ2v) is 7.97. The van der Waals surface area contributed by atoms with Crippen LogP contribution in [-0.4, -0.2) is 16.5 Å². The van der Waals surface area contributed by atoms with Gasteiger partial charge in [0.05, 0.1) is 5.71 Å². The molecule has 6 rings (SSSR count). The smallest absolute Gasteiger partial charge is 0.244 e. The summed E-state index contributed by atoms with van der Waals surface area (Å²) in [6.45, 7) is 0. The summed E-state index contributed by atoms with van der Waals surface area (Å²) in [6, 6.07) is 28.4. The lowest BCUT2D eigenvalue weighted by Crippen LogP contribution is -2.63. The Morgan fingerprint density at radius 1 is 0.839 bits per heavy atom.